The molecule has 0 aliphatic carbocycles. The lowest BCUT2D eigenvalue weighted by molar-refractivity contribution is 0.319. The van der Waals surface area contributed by atoms with Gasteiger partial charge in [0.15, 0.2) is 0 Å². The minimum absolute atomic E-state index is 0.531. The Balaban J connectivity index is 2.50. The number of imidazole rings is 1. The molecule has 0 amide bonds. The van der Waals surface area contributed by atoms with E-state index in [1.165, 1.54) is 0 Å². The average molecular weight is 215 g/mol. The van der Waals surface area contributed by atoms with Gasteiger partial charge in [0.1, 0.15) is 11.5 Å². The van der Waals surface area contributed by atoms with Crippen LogP contribution in [-0.2, 0) is 7.05 Å². The maximum absolute atomic E-state index is 9.11. The molecule has 0 spiro atoms. The fourth-order valence-corrected chi connectivity index (χ4v) is 1.57. The Hall–Kier alpha value is -2.10. The summed E-state index contributed by atoms with van der Waals surface area (Å²) in [5.41, 5.74) is 2.20. The zero-order chi connectivity index (χ0) is 11.5. The molecule has 4 nitrogen and oxygen atoms in total. The molecule has 0 radical (unpaired) electrons. The van der Waals surface area contributed by atoms with Crippen LogP contribution in [0.25, 0.3) is 0 Å². The van der Waals surface area contributed by atoms with Crippen LogP contribution in [0.3, 0.4) is 0 Å². The molecule has 0 aliphatic rings. The fourth-order valence-electron chi connectivity index (χ4n) is 1.57. The van der Waals surface area contributed by atoms with Gasteiger partial charge in [0, 0.05) is 12.6 Å². The lowest BCUT2D eigenvalue weighted by Gasteiger charge is -2.05. The summed E-state index contributed by atoms with van der Waals surface area (Å²) in [4.78, 5) is 4.18. The normalized spacial score (nSPS) is 11.8. The molecule has 2 aromatic rings. The lowest BCUT2D eigenvalue weighted by Crippen LogP contribution is -2.09. The van der Waals surface area contributed by atoms with E-state index in [9.17, 15) is 0 Å². The highest BCUT2D eigenvalue weighted by Gasteiger charge is 2.12. The van der Waals surface area contributed by atoms with E-state index in [0.717, 1.165) is 17.1 Å². The molecule has 0 atom stereocenters. The van der Waals surface area contributed by atoms with Gasteiger partial charge >= 0.3 is 0 Å². The first-order valence-electron chi connectivity index (χ1n) is 5.00. The molecule has 1 aromatic carbocycles. The molecule has 2 rings (SSSR count). The Morgan fingerprint density at radius 1 is 1.31 bits per heavy atom. The van der Waals surface area contributed by atoms with Gasteiger partial charge in [0.25, 0.3) is 0 Å². The number of rotatable bonds is 2. The van der Waals surface area contributed by atoms with E-state index in [1.54, 1.807) is 6.20 Å². The van der Waals surface area contributed by atoms with Gasteiger partial charge in [0.2, 0.25) is 0 Å². The monoisotopic (exact) mass is 215 g/mol. The van der Waals surface area contributed by atoms with Crippen LogP contribution in [0.15, 0.2) is 41.7 Å². The van der Waals surface area contributed by atoms with Crippen molar-refractivity contribution in [3.8, 4) is 0 Å². The van der Waals surface area contributed by atoms with Crippen molar-refractivity contribution in [2.75, 3.05) is 0 Å². The van der Waals surface area contributed by atoms with E-state index in [-0.39, 0.29) is 0 Å². The summed E-state index contributed by atoms with van der Waals surface area (Å²) >= 11 is 0. The van der Waals surface area contributed by atoms with E-state index >= 15 is 0 Å². The van der Waals surface area contributed by atoms with Gasteiger partial charge in [-0.15, -0.1) is 0 Å². The summed E-state index contributed by atoms with van der Waals surface area (Å²) in [6.07, 6.45) is 1.71. The van der Waals surface area contributed by atoms with E-state index in [2.05, 4.69) is 10.1 Å². The van der Waals surface area contributed by atoms with Crippen molar-refractivity contribution in [1.82, 2.24) is 9.55 Å². The molecule has 1 heterocycles. The molecule has 0 fully saturated rings. The SMILES string of the molecule is Cc1ncc(/C(=N/O)c2ccccc2)n1C. The lowest BCUT2D eigenvalue weighted by atomic mass is 10.1. The number of oxime groups is 1. The minimum atomic E-state index is 0.531. The molecule has 0 saturated carbocycles. The topological polar surface area (TPSA) is 50.4 Å². The average Bonchev–Trinajstić information content (AvgIpc) is 2.64. The maximum Gasteiger partial charge on any atom is 0.135 e. The molecular formula is C12H13N3O. The van der Waals surface area contributed by atoms with Gasteiger partial charge in [-0.05, 0) is 6.92 Å². The molecule has 82 valence electrons. The van der Waals surface area contributed by atoms with Crippen LogP contribution in [0, 0.1) is 6.92 Å². The zero-order valence-electron chi connectivity index (χ0n) is 9.25. The van der Waals surface area contributed by atoms with Crippen LogP contribution >= 0.6 is 0 Å². The number of hydrogen-bond donors (Lipinski definition) is 1. The standard InChI is InChI=1S/C12H13N3O/c1-9-13-8-11(15(9)2)12(14-16)10-6-4-3-5-7-10/h3-8,16H,1-2H3/b14-12+. The maximum atomic E-state index is 9.11. The van der Waals surface area contributed by atoms with Crippen molar-refractivity contribution in [3.63, 3.8) is 0 Å². The van der Waals surface area contributed by atoms with Gasteiger partial charge in [-0.2, -0.15) is 0 Å². The Morgan fingerprint density at radius 3 is 2.50 bits per heavy atom. The van der Waals surface area contributed by atoms with E-state index in [0.29, 0.717) is 5.71 Å². The van der Waals surface area contributed by atoms with Gasteiger partial charge in [-0.3, -0.25) is 0 Å². The van der Waals surface area contributed by atoms with Gasteiger partial charge < -0.3 is 9.77 Å². The van der Waals surface area contributed by atoms with Crippen molar-refractivity contribution in [3.05, 3.63) is 53.6 Å². The predicted molar refractivity (Wildman–Crippen MR) is 61.8 cm³/mol. The number of benzene rings is 1. The van der Waals surface area contributed by atoms with Crippen LogP contribution in [-0.4, -0.2) is 20.5 Å². The van der Waals surface area contributed by atoms with Crippen molar-refractivity contribution >= 4 is 5.71 Å². The van der Waals surface area contributed by atoms with Crippen molar-refractivity contribution < 1.29 is 5.21 Å². The van der Waals surface area contributed by atoms with Crippen LogP contribution in [0.2, 0.25) is 0 Å². The molecule has 1 aromatic heterocycles. The summed E-state index contributed by atoms with van der Waals surface area (Å²) in [5.74, 6) is 0.882. The first-order valence-corrected chi connectivity index (χ1v) is 5.00. The Labute approximate surface area is 93.9 Å². The summed E-state index contributed by atoms with van der Waals surface area (Å²) in [6, 6.07) is 9.54. The number of aromatic nitrogens is 2. The third-order valence-electron chi connectivity index (χ3n) is 2.61. The summed E-state index contributed by atoms with van der Waals surface area (Å²) in [7, 11) is 1.89. The second-order valence-corrected chi connectivity index (χ2v) is 3.56. The van der Waals surface area contributed by atoms with Crippen LogP contribution < -0.4 is 0 Å². The molecule has 1 N–H and O–H groups in total. The molecule has 4 heteroatoms. The summed E-state index contributed by atoms with van der Waals surface area (Å²) in [6.45, 7) is 1.91. The summed E-state index contributed by atoms with van der Waals surface area (Å²) < 4.78 is 1.89. The molecule has 16 heavy (non-hydrogen) atoms. The highest BCUT2D eigenvalue weighted by molar-refractivity contribution is 6.11. The Kier molecular flexibility index (Phi) is 2.72. The smallest absolute Gasteiger partial charge is 0.135 e. The second kappa shape index (κ2) is 4.18. The predicted octanol–water partition coefficient (Wildman–Crippen LogP) is 1.96. The molecule has 0 unspecified atom stereocenters. The van der Waals surface area contributed by atoms with Crippen LogP contribution in [0.5, 0.6) is 0 Å². The fraction of sp³-hybridized carbons (Fsp3) is 0.167. The Morgan fingerprint density at radius 2 is 2.00 bits per heavy atom. The third-order valence-corrected chi connectivity index (χ3v) is 2.61. The highest BCUT2D eigenvalue weighted by atomic mass is 16.4. The molecule has 0 aliphatic heterocycles. The number of nitrogens with zero attached hydrogens (tertiary/aromatic N) is 3. The van der Waals surface area contributed by atoms with Crippen molar-refractivity contribution in [2.45, 2.75) is 6.92 Å². The second-order valence-electron chi connectivity index (χ2n) is 3.56. The third kappa shape index (κ3) is 1.69. The minimum Gasteiger partial charge on any atom is -0.410 e. The zero-order valence-corrected chi connectivity index (χ0v) is 9.25. The quantitative estimate of drug-likeness (QED) is 0.473. The number of hydrogen-bond acceptors (Lipinski definition) is 3. The van der Waals surface area contributed by atoms with Gasteiger partial charge in [0.05, 0.1) is 11.9 Å². The number of aryl methyl sites for hydroxylation is 1. The summed E-state index contributed by atoms with van der Waals surface area (Å²) in [5, 5.41) is 12.5. The van der Waals surface area contributed by atoms with Crippen molar-refractivity contribution in [1.29, 1.82) is 0 Å². The van der Waals surface area contributed by atoms with Gasteiger partial charge in [-0.1, -0.05) is 35.5 Å². The van der Waals surface area contributed by atoms with E-state index in [1.807, 2.05) is 48.9 Å². The Bertz CT molecular complexity index is 514. The molecule has 0 bridgehead atoms. The van der Waals surface area contributed by atoms with Crippen LogP contribution in [0.1, 0.15) is 17.1 Å². The van der Waals surface area contributed by atoms with Crippen molar-refractivity contribution in [2.24, 2.45) is 12.2 Å². The molecular weight excluding hydrogens is 202 g/mol. The highest BCUT2D eigenvalue weighted by Crippen LogP contribution is 2.11. The molecule has 0 saturated heterocycles. The van der Waals surface area contributed by atoms with E-state index in [4.69, 9.17) is 5.21 Å². The first kappa shape index (κ1) is 10.4. The van der Waals surface area contributed by atoms with E-state index < -0.39 is 0 Å². The first-order chi connectivity index (χ1) is 7.74. The van der Waals surface area contributed by atoms with Crippen LogP contribution in [0.4, 0.5) is 0 Å². The largest absolute Gasteiger partial charge is 0.410 e. The van der Waals surface area contributed by atoms with Gasteiger partial charge in [-0.25, -0.2) is 4.98 Å².